The molecule has 4 amide bonds. The molecule has 2 aromatic carbocycles. The van der Waals surface area contributed by atoms with Crippen molar-refractivity contribution in [1.82, 2.24) is 34.9 Å². The number of nitrogens with zero attached hydrogens (tertiary/aromatic N) is 5. The molecule has 4 N–H and O–H groups in total. The zero-order valence-electron chi connectivity index (χ0n) is 41.4. The fourth-order valence-corrected chi connectivity index (χ4v) is 9.84. The molecule has 17 nitrogen and oxygen atoms in total. The van der Waals surface area contributed by atoms with Gasteiger partial charge in [0, 0.05) is 82.3 Å². The summed E-state index contributed by atoms with van der Waals surface area (Å²) in [7, 11) is 8.95. The van der Waals surface area contributed by atoms with E-state index in [4.69, 9.17) is 19.4 Å². The molecule has 2 aliphatic heterocycles. The zero-order valence-corrected chi connectivity index (χ0v) is 42.2. The van der Waals surface area contributed by atoms with E-state index >= 15 is 0 Å². The van der Waals surface area contributed by atoms with Crippen molar-refractivity contribution >= 4 is 41.4 Å². The van der Waals surface area contributed by atoms with Gasteiger partial charge in [-0.2, -0.15) is 0 Å². The molecule has 4 heterocycles. The van der Waals surface area contributed by atoms with Gasteiger partial charge in [-0.05, 0) is 80.1 Å². The average Bonchev–Trinajstić information content (AvgIpc) is 3.94. The van der Waals surface area contributed by atoms with Crippen molar-refractivity contribution in [1.29, 1.82) is 0 Å². The number of rotatable bonds is 18. The van der Waals surface area contributed by atoms with Gasteiger partial charge in [-0.3, -0.25) is 24.0 Å². The number of hydrogen-bond donors (Lipinski definition) is 4. The maximum atomic E-state index is 14.1. The van der Waals surface area contributed by atoms with E-state index in [2.05, 4.69) is 15.6 Å². The molecule has 0 spiro atoms. The summed E-state index contributed by atoms with van der Waals surface area (Å²) in [5, 5.41) is 23.5. The third kappa shape index (κ3) is 13.8. The molecule has 0 aliphatic carbocycles. The largest absolute Gasteiger partial charge is 0.496 e. The normalized spacial score (nSPS) is 16.0. The molecule has 374 valence electrons. The Labute approximate surface area is 408 Å². The number of carbonyl (C=O) groups excluding carboxylic acids is 4. The van der Waals surface area contributed by atoms with Crippen molar-refractivity contribution in [3.63, 3.8) is 0 Å². The first-order valence-corrected chi connectivity index (χ1v) is 24.2. The molecule has 0 radical (unpaired) electrons. The fourth-order valence-electron chi connectivity index (χ4n) is 9.02. The number of aliphatic hydroxyl groups is 1. The number of β-amino-alcohol motifs (C(OH)–C–C–N with tert-alkyl or cyclic N) is 1. The summed E-state index contributed by atoms with van der Waals surface area (Å²) in [5.41, 5.74) is 8.22. The van der Waals surface area contributed by atoms with E-state index in [1.165, 1.54) is 4.90 Å². The van der Waals surface area contributed by atoms with Crippen molar-refractivity contribution in [3.8, 4) is 33.1 Å². The minimum absolute atomic E-state index is 0.0329. The number of methoxy groups -OCH3 is 2. The number of aliphatic hydroxyl groups excluding tert-OH is 1. The first-order chi connectivity index (χ1) is 32.8. The number of aromatic nitrogens is 2. The van der Waals surface area contributed by atoms with E-state index in [1.807, 2.05) is 94.8 Å². The molecule has 4 aromatic rings. The lowest BCUT2D eigenvalue weighted by Crippen LogP contribution is -2.50. The lowest BCUT2D eigenvalue weighted by Gasteiger charge is -2.34. The Morgan fingerprint density at radius 1 is 1.00 bits per heavy atom. The zero-order chi connectivity index (χ0) is 50.6. The van der Waals surface area contributed by atoms with Crippen molar-refractivity contribution < 1.29 is 43.7 Å². The number of fused-ring (bicyclic) bond motifs is 1. The minimum atomic E-state index is -0.841. The van der Waals surface area contributed by atoms with Crippen LogP contribution >= 0.6 is 11.3 Å². The van der Waals surface area contributed by atoms with Crippen molar-refractivity contribution in [2.24, 2.45) is 18.4 Å². The molecule has 18 heteroatoms. The molecular weight excluding hydrogens is 903 g/mol. The number of pyridine rings is 1. The summed E-state index contributed by atoms with van der Waals surface area (Å²) in [4.78, 5) is 86.8. The van der Waals surface area contributed by atoms with Crippen LogP contribution in [0, 0.1) is 18.3 Å². The van der Waals surface area contributed by atoms with Crippen molar-refractivity contribution in [2.45, 2.75) is 104 Å². The smallest absolute Gasteiger partial charge is 0.317 e. The molecule has 2 aromatic heterocycles. The van der Waals surface area contributed by atoms with Crippen molar-refractivity contribution in [2.75, 3.05) is 47.9 Å². The minimum Gasteiger partial charge on any atom is -0.496 e. The van der Waals surface area contributed by atoms with Crippen LogP contribution in [0.1, 0.15) is 87.2 Å². The number of nitrogens with one attached hydrogen (secondary N) is 2. The maximum Gasteiger partial charge on any atom is 0.317 e. The Morgan fingerprint density at radius 2 is 1.67 bits per heavy atom. The summed E-state index contributed by atoms with van der Waals surface area (Å²) in [5.74, 6) is 0.0342. The van der Waals surface area contributed by atoms with Gasteiger partial charge in [-0.25, -0.2) is 9.78 Å². The highest BCUT2D eigenvalue weighted by atomic mass is 32.1. The van der Waals surface area contributed by atoms with Crippen LogP contribution in [0.5, 0.6) is 11.5 Å². The Hall–Kier alpha value is -6.11. The summed E-state index contributed by atoms with van der Waals surface area (Å²) in [6.45, 7) is 9.45. The maximum absolute atomic E-state index is 14.1. The molecular formula is C51H69N7O10S. The van der Waals surface area contributed by atoms with Crippen LogP contribution in [-0.2, 0) is 52.3 Å². The van der Waals surface area contributed by atoms with Gasteiger partial charge in [0.15, 0.2) is 0 Å². The molecule has 3 atom stereocenters. The van der Waals surface area contributed by atoms with Gasteiger partial charge in [0.25, 0.3) is 12.0 Å². The van der Waals surface area contributed by atoms with Crippen LogP contribution in [0.25, 0.3) is 21.6 Å². The predicted molar refractivity (Wildman–Crippen MR) is 265 cm³/mol. The lowest BCUT2D eigenvalue weighted by molar-refractivity contribution is -0.146. The molecule has 6 rings (SSSR count). The lowest BCUT2D eigenvalue weighted by atomic mass is 9.76. The summed E-state index contributed by atoms with van der Waals surface area (Å²) >= 11 is 1.58. The number of hydrogen-bond acceptors (Lipinski definition) is 12. The third-order valence-electron chi connectivity index (χ3n) is 12.7. The van der Waals surface area contributed by atoms with E-state index in [-0.39, 0.29) is 74.6 Å². The first kappa shape index (κ1) is 53.8. The number of ether oxygens (including phenoxy) is 2. The highest BCUT2D eigenvalue weighted by molar-refractivity contribution is 7.13. The average molecular weight is 972 g/mol. The van der Waals surface area contributed by atoms with Crippen LogP contribution < -0.4 is 25.7 Å². The van der Waals surface area contributed by atoms with Gasteiger partial charge >= 0.3 is 6.03 Å². The van der Waals surface area contributed by atoms with Crippen LogP contribution in [0.15, 0.2) is 52.9 Å². The SMILES string of the molecule is COc1cc(-c2cn(C)c(=O)c3c2CCN(C(=O)NCCCCCC(=O)C[C@H](C(=O)N2C[C@H](O)C[C@H]2C(=O)NCc2ccc(-c4scnc4C)cc2)C(C)(C)C)C3)cc(OC)c1CN(C)C.O=CO. The van der Waals surface area contributed by atoms with Gasteiger partial charge in [0.1, 0.15) is 23.3 Å². The van der Waals surface area contributed by atoms with Gasteiger partial charge < -0.3 is 49.6 Å². The quantitative estimate of drug-likeness (QED) is 0.0690. The van der Waals surface area contributed by atoms with Gasteiger partial charge in [0.05, 0.1) is 48.5 Å². The second-order valence-corrected chi connectivity index (χ2v) is 19.9. The molecule has 69 heavy (non-hydrogen) atoms. The molecule has 0 unspecified atom stereocenters. The fraction of sp³-hybridized carbons (Fsp3) is 0.510. The van der Waals surface area contributed by atoms with Gasteiger partial charge in [0.2, 0.25) is 11.8 Å². The standard InChI is InChI=1S/C50H67N7O8S.CH2O2/c1-31-45(66-30-53-31)33-16-14-32(15-17-33)25-52-46(60)42-24-36(59)26-57(42)48(62)41(50(2,3)4)23-35(58)13-11-10-12-19-51-49(63)56-20-18-37-38(28-55(7)47(61)39(37)29-56)34-21-43(64-8)40(27-54(5)6)44(22-34)65-9;2-1-3/h14-17,21-22,28,30,36,41-42,59H,10-13,18-20,23-27,29H2,1-9H3,(H,51,63)(H,52,60);1H,(H,2,3)/t36-,41-,42+;/m1./s1. The number of benzene rings is 2. The number of amides is 4. The molecule has 1 saturated heterocycles. The van der Waals surface area contributed by atoms with Crippen LogP contribution in [0.3, 0.4) is 0 Å². The number of Topliss-reactive ketones (excluding diaryl/α,β-unsaturated/α-hetero) is 1. The summed E-state index contributed by atoms with van der Waals surface area (Å²) in [6, 6.07) is 10.8. The number of ketones is 1. The second-order valence-electron chi connectivity index (χ2n) is 19.1. The molecule has 0 bridgehead atoms. The Morgan fingerprint density at radius 3 is 2.26 bits per heavy atom. The van der Waals surface area contributed by atoms with Crippen LogP contribution in [0.2, 0.25) is 0 Å². The number of unbranched alkanes of at least 4 members (excludes halogenated alkanes) is 2. The Balaban J connectivity index is 0.00000288. The van der Waals surface area contributed by atoms with Crippen LogP contribution in [-0.4, -0.2) is 125 Å². The number of likely N-dealkylation sites (tertiary alicyclic amines) is 1. The topological polar surface area (TPSA) is 213 Å². The molecule has 0 saturated carbocycles. The highest BCUT2D eigenvalue weighted by Gasteiger charge is 2.44. The Bertz CT molecular complexity index is 2470. The number of carbonyl (C=O) groups is 5. The highest BCUT2D eigenvalue weighted by Crippen LogP contribution is 2.39. The third-order valence-corrected chi connectivity index (χ3v) is 13.7. The number of thiazole rings is 1. The molecule has 2 aliphatic rings. The van der Waals surface area contributed by atoms with E-state index in [1.54, 1.807) is 42.1 Å². The van der Waals surface area contributed by atoms with Gasteiger partial charge in [-0.1, -0.05) is 51.5 Å². The van der Waals surface area contributed by atoms with Gasteiger partial charge in [-0.15, -0.1) is 11.3 Å². The number of carboxylic acid groups (broad SMARTS) is 1. The number of aryl methyl sites for hydroxylation is 2. The van der Waals surface area contributed by atoms with E-state index < -0.39 is 23.5 Å². The first-order valence-electron chi connectivity index (χ1n) is 23.3. The number of urea groups is 1. The predicted octanol–water partition coefficient (Wildman–Crippen LogP) is 5.79. The van der Waals surface area contributed by atoms with E-state index in [9.17, 15) is 29.1 Å². The summed E-state index contributed by atoms with van der Waals surface area (Å²) in [6.07, 6.45) is 3.90. The van der Waals surface area contributed by atoms with Crippen LogP contribution in [0.4, 0.5) is 4.79 Å². The van der Waals surface area contributed by atoms with E-state index in [0.717, 1.165) is 44.0 Å². The van der Waals surface area contributed by atoms with E-state index in [0.29, 0.717) is 62.4 Å². The second kappa shape index (κ2) is 24.4. The van der Waals surface area contributed by atoms with Crippen molar-refractivity contribution in [3.05, 3.63) is 86.4 Å². The monoisotopic (exact) mass is 971 g/mol. The molecule has 1 fully saturated rings. The Kier molecular flexibility index (Phi) is 19.1. The summed E-state index contributed by atoms with van der Waals surface area (Å²) < 4.78 is 13.1.